The quantitative estimate of drug-likeness (QED) is 0.565. The first-order valence-electron chi connectivity index (χ1n) is 9.44. The lowest BCUT2D eigenvalue weighted by Crippen LogP contribution is -2.26. The van der Waals surface area contributed by atoms with Gasteiger partial charge in [-0.3, -0.25) is 9.78 Å². The Morgan fingerprint density at radius 1 is 1.23 bits per heavy atom. The summed E-state index contributed by atoms with van der Waals surface area (Å²) in [5, 5.41) is 2.63. The monoisotopic (exact) mass is 442 g/mol. The van der Waals surface area contributed by atoms with Gasteiger partial charge in [0.2, 0.25) is 5.82 Å². The summed E-state index contributed by atoms with van der Waals surface area (Å²) in [7, 11) is 0. The summed E-state index contributed by atoms with van der Waals surface area (Å²) in [5.41, 5.74) is -0.752. The molecule has 2 aromatic heterocycles. The second-order valence-corrected chi connectivity index (χ2v) is 7.31. The molecule has 4 rings (SSSR count). The van der Waals surface area contributed by atoms with Gasteiger partial charge in [0.05, 0.1) is 23.3 Å². The number of aromatic nitrogens is 3. The Morgan fingerprint density at radius 3 is 2.58 bits per heavy atom. The van der Waals surface area contributed by atoms with Gasteiger partial charge in [-0.05, 0) is 37.0 Å². The lowest BCUT2D eigenvalue weighted by Gasteiger charge is -2.10. The minimum Gasteiger partial charge on any atom is -0.352 e. The number of nitrogens with one attached hydrogen (secondary N) is 1. The zero-order valence-corrected chi connectivity index (χ0v) is 15.9. The third kappa shape index (κ3) is 4.35. The maximum atomic E-state index is 14.6. The predicted octanol–water partition coefficient (Wildman–Crippen LogP) is 4.66. The van der Waals surface area contributed by atoms with Crippen molar-refractivity contribution in [2.75, 3.05) is 6.54 Å². The van der Waals surface area contributed by atoms with E-state index in [9.17, 15) is 31.1 Å². The summed E-state index contributed by atoms with van der Waals surface area (Å²) in [4.78, 5) is 19.6. The average Bonchev–Trinajstić information content (AvgIpc) is 3.45. The average molecular weight is 442 g/mol. The van der Waals surface area contributed by atoms with Gasteiger partial charge in [-0.25, -0.2) is 18.2 Å². The van der Waals surface area contributed by atoms with Crippen molar-refractivity contribution in [2.45, 2.75) is 32.0 Å². The van der Waals surface area contributed by atoms with E-state index in [2.05, 4.69) is 15.3 Å². The topological polar surface area (TPSA) is 59.8 Å². The number of carbonyl (C=O) groups is 1. The Morgan fingerprint density at radius 2 is 1.97 bits per heavy atom. The number of benzene rings is 1. The van der Waals surface area contributed by atoms with Crippen LogP contribution < -0.4 is 5.32 Å². The van der Waals surface area contributed by atoms with E-state index in [0.717, 1.165) is 31.2 Å². The number of halogens is 6. The summed E-state index contributed by atoms with van der Waals surface area (Å²) < 4.78 is 80.8. The van der Waals surface area contributed by atoms with Gasteiger partial charge in [0, 0.05) is 18.3 Å². The lowest BCUT2D eigenvalue weighted by atomic mass is 10.1. The Labute approximate surface area is 172 Å². The third-order valence-electron chi connectivity index (χ3n) is 4.98. The van der Waals surface area contributed by atoms with Crippen molar-refractivity contribution >= 4 is 16.9 Å². The highest BCUT2D eigenvalue weighted by atomic mass is 19.4. The minimum atomic E-state index is -4.97. The molecule has 1 aliphatic carbocycles. The fraction of sp³-hybridized carbons (Fsp3) is 0.350. The molecule has 1 aromatic carbocycles. The molecule has 0 unspecified atom stereocenters. The molecule has 0 radical (unpaired) electrons. The zero-order chi connectivity index (χ0) is 22.3. The number of amides is 1. The SMILES string of the molecule is O=C(NCC1CC1)c1ccc(-c2nccc3c2nc(C(F)(F)F)n3CC(F)F)cc1F. The van der Waals surface area contributed by atoms with Gasteiger partial charge in [-0.1, -0.05) is 6.07 Å². The van der Waals surface area contributed by atoms with Crippen LogP contribution in [0.3, 0.4) is 0 Å². The van der Waals surface area contributed by atoms with Gasteiger partial charge in [0.25, 0.3) is 12.3 Å². The van der Waals surface area contributed by atoms with Gasteiger partial charge < -0.3 is 9.88 Å². The number of carbonyl (C=O) groups excluding carboxylic acids is 1. The van der Waals surface area contributed by atoms with E-state index in [1.807, 2.05) is 0 Å². The number of imidazole rings is 1. The van der Waals surface area contributed by atoms with E-state index in [1.54, 1.807) is 0 Å². The van der Waals surface area contributed by atoms with Gasteiger partial charge >= 0.3 is 6.18 Å². The van der Waals surface area contributed by atoms with E-state index in [0.29, 0.717) is 17.0 Å². The second-order valence-electron chi connectivity index (χ2n) is 7.31. The van der Waals surface area contributed by atoms with E-state index in [1.165, 1.54) is 12.1 Å². The molecular weight excluding hydrogens is 426 g/mol. The Balaban J connectivity index is 1.74. The van der Waals surface area contributed by atoms with Crippen molar-refractivity contribution in [1.82, 2.24) is 19.9 Å². The van der Waals surface area contributed by atoms with Crippen LogP contribution in [0.2, 0.25) is 0 Å². The molecule has 0 aliphatic heterocycles. The Bertz CT molecular complexity index is 1140. The van der Waals surface area contributed by atoms with Gasteiger partial charge in [-0.2, -0.15) is 13.2 Å². The molecule has 31 heavy (non-hydrogen) atoms. The number of alkyl halides is 5. The molecule has 1 amide bonds. The maximum Gasteiger partial charge on any atom is 0.449 e. The second kappa shape index (κ2) is 7.86. The van der Waals surface area contributed by atoms with Gasteiger partial charge in [0.1, 0.15) is 11.3 Å². The van der Waals surface area contributed by atoms with E-state index < -0.39 is 36.7 Å². The molecule has 1 fully saturated rings. The van der Waals surface area contributed by atoms with Crippen molar-refractivity contribution in [3.8, 4) is 11.3 Å². The molecule has 0 spiro atoms. The molecule has 1 N–H and O–H groups in total. The first-order valence-corrected chi connectivity index (χ1v) is 9.44. The molecule has 11 heteroatoms. The highest BCUT2D eigenvalue weighted by Crippen LogP contribution is 2.35. The van der Waals surface area contributed by atoms with Crippen molar-refractivity contribution in [3.05, 3.63) is 47.7 Å². The molecular formula is C20H16F6N4O. The summed E-state index contributed by atoms with van der Waals surface area (Å²) >= 11 is 0. The van der Waals surface area contributed by atoms with Crippen LogP contribution >= 0.6 is 0 Å². The molecule has 164 valence electrons. The van der Waals surface area contributed by atoms with Crippen molar-refractivity contribution in [1.29, 1.82) is 0 Å². The Hall–Kier alpha value is -3.11. The normalized spacial score (nSPS) is 14.4. The van der Waals surface area contributed by atoms with Crippen LogP contribution in [0, 0.1) is 11.7 Å². The fourth-order valence-corrected chi connectivity index (χ4v) is 3.30. The summed E-state index contributed by atoms with van der Waals surface area (Å²) in [6.45, 7) is -0.758. The number of nitrogens with zero attached hydrogens (tertiary/aromatic N) is 3. The van der Waals surface area contributed by atoms with Crippen molar-refractivity contribution in [3.63, 3.8) is 0 Å². The van der Waals surface area contributed by atoms with Crippen LogP contribution in [0.1, 0.15) is 29.0 Å². The minimum absolute atomic E-state index is 0.0669. The van der Waals surface area contributed by atoms with Crippen LogP contribution in [-0.4, -0.2) is 33.4 Å². The molecule has 0 saturated heterocycles. The Kier molecular flexibility index (Phi) is 5.36. The number of hydrogen-bond donors (Lipinski definition) is 1. The zero-order valence-electron chi connectivity index (χ0n) is 15.9. The van der Waals surface area contributed by atoms with Crippen LogP contribution in [0.4, 0.5) is 26.3 Å². The highest BCUT2D eigenvalue weighted by molar-refractivity contribution is 5.96. The third-order valence-corrected chi connectivity index (χ3v) is 4.98. The summed E-state index contributed by atoms with van der Waals surface area (Å²) in [6, 6.07) is 4.64. The summed E-state index contributed by atoms with van der Waals surface area (Å²) in [5.74, 6) is -2.57. The number of fused-ring (bicyclic) bond motifs is 1. The van der Waals surface area contributed by atoms with Crippen molar-refractivity contribution < 1.29 is 31.1 Å². The fourth-order valence-electron chi connectivity index (χ4n) is 3.30. The van der Waals surface area contributed by atoms with Gasteiger partial charge in [-0.15, -0.1) is 0 Å². The van der Waals surface area contributed by atoms with Crippen LogP contribution in [0.5, 0.6) is 0 Å². The molecule has 2 heterocycles. The first kappa shape index (κ1) is 21.1. The highest BCUT2D eigenvalue weighted by Gasteiger charge is 2.38. The van der Waals surface area contributed by atoms with Crippen LogP contribution in [0.25, 0.3) is 22.3 Å². The smallest absolute Gasteiger partial charge is 0.352 e. The largest absolute Gasteiger partial charge is 0.449 e. The summed E-state index contributed by atoms with van der Waals surface area (Å²) in [6.07, 6.45) is -4.86. The first-order chi connectivity index (χ1) is 14.6. The van der Waals surface area contributed by atoms with E-state index in [-0.39, 0.29) is 27.9 Å². The molecule has 1 aliphatic rings. The molecule has 3 aromatic rings. The molecule has 5 nitrogen and oxygen atoms in total. The van der Waals surface area contributed by atoms with Crippen LogP contribution in [0.15, 0.2) is 30.5 Å². The maximum absolute atomic E-state index is 14.6. The van der Waals surface area contributed by atoms with Crippen LogP contribution in [-0.2, 0) is 12.7 Å². The number of hydrogen-bond acceptors (Lipinski definition) is 3. The van der Waals surface area contributed by atoms with E-state index >= 15 is 0 Å². The number of rotatable bonds is 6. The van der Waals surface area contributed by atoms with Gasteiger partial charge in [0.15, 0.2) is 0 Å². The standard InChI is InChI=1S/C20H16F6N4O/c21-13-7-11(3-4-12(13)18(31)28-8-10-1-2-10)16-17-14(5-6-27-16)30(9-15(22)23)19(29-17)20(24,25)26/h3-7,10,15H,1-2,8-9H2,(H,28,31). The predicted molar refractivity (Wildman–Crippen MR) is 99.0 cm³/mol. The molecule has 1 saturated carbocycles. The van der Waals surface area contributed by atoms with Crippen molar-refractivity contribution in [2.24, 2.45) is 5.92 Å². The number of pyridine rings is 1. The molecule has 0 bridgehead atoms. The lowest BCUT2D eigenvalue weighted by molar-refractivity contribution is -0.147. The molecule has 0 atom stereocenters. The van der Waals surface area contributed by atoms with E-state index in [4.69, 9.17) is 0 Å².